The highest BCUT2D eigenvalue weighted by Crippen LogP contribution is 2.32. The van der Waals surface area contributed by atoms with E-state index in [2.05, 4.69) is 0 Å². The van der Waals surface area contributed by atoms with Gasteiger partial charge in [0.15, 0.2) is 11.7 Å². The Balaban J connectivity index is 0.000000597. The first-order valence-corrected chi connectivity index (χ1v) is 8.47. The van der Waals surface area contributed by atoms with E-state index in [9.17, 15) is 26.4 Å². The van der Waals surface area contributed by atoms with Gasteiger partial charge in [-0.2, -0.15) is 21.6 Å². The quantitative estimate of drug-likeness (QED) is 0.349. The molecule has 2 aromatic rings. The number of halogens is 3. The molecule has 5 N–H and O–H groups in total. The van der Waals surface area contributed by atoms with E-state index in [0.717, 1.165) is 12.1 Å². The van der Waals surface area contributed by atoms with Crippen LogP contribution >= 0.6 is 0 Å². The van der Waals surface area contributed by atoms with Crippen molar-refractivity contribution < 1.29 is 35.4 Å². The number of amides is 1. The van der Waals surface area contributed by atoms with Crippen molar-refractivity contribution in [2.75, 3.05) is 6.26 Å². The van der Waals surface area contributed by atoms with Crippen LogP contribution in [0.2, 0.25) is 0 Å². The molecule has 142 valence electrons. The van der Waals surface area contributed by atoms with Crippen molar-refractivity contribution >= 4 is 22.0 Å². The van der Waals surface area contributed by atoms with E-state index in [-0.39, 0.29) is 17.1 Å². The van der Waals surface area contributed by atoms with E-state index in [4.69, 9.17) is 20.1 Å². The van der Waals surface area contributed by atoms with Crippen LogP contribution in [0.3, 0.4) is 0 Å². The SMILES string of the molecule is CS(=O)(=O)O.N=C(N)NC(=O)c1ccc(-c2cccc(C(F)(F)F)c2)o1. The topological polar surface area (TPSA) is 146 Å². The second kappa shape index (κ2) is 8.01. The minimum absolute atomic E-state index is 0.106. The van der Waals surface area contributed by atoms with Gasteiger partial charge in [-0.1, -0.05) is 12.1 Å². The molecule has 2 rings (SSSR count). The lowest BCUT2D eigenvalue weighted by molar-refractivity contribution is -0.137. The highest BCUT2D eigenvalue weighted by molar-refractivity contribution is 7.85. The highest BCUT2D eigenvalue weighted by Gasteiger charge is 2.30. The Morgan fingerprint density at radius 3 is 2.35 bits per heavy atom. The third kappa shape index (κ3) is 7.36. The molecule has 0 spiro atoms. The van der Waals surface area contributed by atoms with Gasteiger partial charge in [0.1, 0.15) is 5.76 Å². The van der Waals surface area contributed by atoms with Crippen LogP contribution in [0.1, 0.15) is 16.1 Å². The molecule has 1 aromatic heterocycles. The molecule has 12 heteroatoms. The van der Waals surface area contributed by atoms with Crippen molar-refractivity contribution in [3.05, 3.63) is 47.7 Å². The summed E-state index contributed by atoms with van der Waals surface area (Å²) in [5.74, 6) is -1.36. The molecule has 0 saturated heterocycles. The number of guanidine groups is 1. The van der Waals surface area contributed by atoms with Crippen LogP contribution in [-0.2, 0) is 16.3 Å². The molecule has 26 heavy (non-hydrogen) atoms. The van der Waals surface area contributed by atoms with Crippen LogP contribution < -0.4 is 11.1 Å². The third-order valence-corrected chi connectivity index (χ3v) is 2.55. The van der Waals surface area contributed by atoms with Gasteiger partial charge in [0.05, 0.1) is 11.8 Å². The summed E-state index contributed by atoms with van der Waals surface area (Å²) in [4.78, 5) is 11.5. The number of hydrogen-bond acceptors (Lipinski definition) is 5. The van der Waals surface area contributed by atoms with Crippen LogP contribution in [0.5, 0.6) is 0 Å². The summed E-state index contributed by atoms with van der Waals surface area (Å²) in [5, 5.41) is 8.93. The Bertz CT molecular complexity index is 899. The zero-order valence-electron chi connectivity index (χ0n) is 13.2. The second-order valence-corrected chi connectivity index (χ2v) is 6.31. The van der Waals surface area contributed by atoms with Crippen LogP contribution in [0.25, 0.3) is 11.3 Å². The van der Waals surface area contributed by atoms with Crippen LogP contribution in [0.15, 0.2) is 40.8 Å². The van der Waals surface area contributed by atoms with Crippen molar-refractivity contribution in [3.8, 4) is 11.3 Å². The molecule has 0 saturated carbocycles. The van der Waals surface area contributed by atoms with Crippen molar-refractivity contribution in [3.63, 3.8) is 0 Å². The number of alkyl halides is 3. The van der Waals surface area contributed by atoms with E-state index >= 15 is 0 Å². The predicted octanol–water partition coefficient (Wildman–Crippen LogP) is 2.09. The summed E-state index contributed by atoms with van der Waals surface area (Å²) < 4.78 is 68.9. The van der Waals surface area contributed by atoms with E-state index in [0.29, 0.717) is 6.26 Å². The van der Waals surface area contributed by atoms with Gasteiger partial charge < -0.3 is 10.2 Å². The molecule has 0 aliphatic rings. The minimum atomic E-state index is -4.46. The lowest BCUT2D eigenvalue weighted by Crippen LogP contribution is -2.35. The monoisotopic (exact) mass is 393 g/mol. The maximum atomic E-state index is 12.6. The van der Waals surface area contributed by atoms with Crippen LogP contribution in [0, 0.1) is 5.41 Å². The molecule has 0 atom stereocenters. The molecular formula is C14H14F3N3O5S. The van der Waals surface area contributed by atoms with E-state index in [1.54, 1.807) is 0 Å². The minimum Gasteiger partial charge on any atom is -0.451 e. The molecule has 1 aromatic carbocycles. The molecular weight excluding hydrogens is 379 g/mol. The fraction of sp³-hybridized carbons (Fsp3) is 0.143. The Hall–Kier alpha value is -2.86. The van der Waals surface area contributed by atoms with Crippen LogP contribution in [-0.4, -0.2) is 31.1 Å². The predicted molar refractivity (Wildman–Crippen MR) is 86.0 cm³/mol. The molecule has 0 bridgehead atoms. The molecule has 1 heterocycles. The summed E-state index contributed by atoms with van der Waals surface area (Å²) >= 11 is 0. The number of hydrogen-bond donors (Lipinski definition) is 4. The number of nitrogens with two attached hydrogens (primary N) is 1. The summed E-state index contributed by atoms with van der Waals surface area (Å²) in [6.07, 6.45) is -3.75. The molecule has 0 unspecified atom stereocenters. The van der Waals surface area contributed by atoms with E-state index < -0.39 is 33.7 Å². The summed E-state index contributed by atoms with van der Waals surface area (Å²) in [5.41, 5.74) is 4.37. The van der Waals surface area contributed by atoms with Crippen molar-refractivity contribution in [2.45, 2.75) is 6.18 Å². The summed E-state index contributed by atoms with van der Waals surface area (Å²) in [6, 6.07) is 7.19. The van der Waals surface area contributed by atoms with Gasteiger partial charge in [0.2, 0.25) is 0 Å². The van der Waals surface area contributed by atoms with E-state index in [1.807, 2.05) is 5.32 Å². The Labute approximate surface area is 146 Å². The standard InChI is InChI=1S/C13H10F3N3O2.CH4O3S/c14-13(15,16)8-3-1-2-7(6-8)9-4-5-10(21-9)11(20)19-12(17)18;1-5(2,3)4/h1-6H,(H4,17,18,19,20);1H3,(H,2,3,4). The van der Waals surface area contributed by atoms with Crippen molar-refractivity contribution in [1.29, 1.82) is 5.41 Å². The first-order chi connectivity index (χ1) is 11.8. The molecule has 1 amide bonds. The van der Waals surface area contributed by atoms with E-state index in [1.165, 1.54) is 24.3 Å². The number of furan rings is 1. The number of nitrogens with one attached hydrogen (secondary N) is 2. The first-order valence-electron chi connectivity index (χ1n) is 6.62. The fourth-order valence-corrected chi connectivity index (χ4v) is 1.65. The molecule has 0 aliphatic carbocycles. The largest absolute Gasteiger partial charge is 0.451 e. The third-order valence-electron chi connectivity index (χ3n) is 2.55. The zero-order valence-corrected chi connectivity index (χ0v) is 14.0. The average Bonchev–Trinajstić information content (AvgIpc) is 2.94. The lowest BCUT2D eigenvalue weighted by atomic mass is 10.1. The van der Waals surface area contributed by atoms with Crippen LogP contribution in [0.4, 0.5) is 13.2 Å². The first kappa shape index (κ1) is 21.2. The fourth-order valence-electron chi connectivity index (χ4n) is 1.65. The molecule has 0 aliphatic heterocycles. The summed E-state index contributed by atoms with van der Waals surface area (Å²) in [7, 11) is -3.67. The van der Waals surface area contributed by atoms with Gasteiger partial charge in [-0.05, 0) is 24.3 Å². The number of benzene rings is 1. The van der Waals surface area contributed by atoms with Gasteiger partial charge >= 0.3 is 6.18 Å². The maximum absolute atomic E-state index is 12.6. The van der Waals surface area contributed by atoms with Crippen molar-refractivity contribution in [1.82, 2.24) is 5.32 Å². The maximum Gasteiger partial charge on any atom is 0.416 e. The lowest BCUT2D eigenvalue weighted by Gasteiger charge is -2.07. The molecule has 0 fully saturated rings. The number of carbonyl (C=O) groups excluding carboxylic acids is 1. The smallest absolute Gasteiger partial charge is 0.416 e. The Morgan fingerprint density at radius 2 is 1.85 bits per heavy atom. The normalized spacial score (nSPS) is 11.3. The van der Waals surface area contributed by atoms with Crippen molar-refractivity contribution in [2.24, 2.45) is 5.73 Å². The second-order valence-electron chi connectivity index (χ2n) is 4.84. The zero-order chi connectivity index (χ0) is 20.1. The number of rotatable bonds is 2. The molecule has 0 radical (unpaired) electrons. The highest BCUT2D eigenvalue weighted by atomic mass is 32.2. The van der Waals surface area contributed by atoms with Gasteiger partial charge in [-0.3, -0.25) is 20.1 Å². The van der Waals surface area contributed by atoms with Gasteiger partial charge in [0, 0.05) is 5.56 Å². The molecule has 8 nitrogen and oxygen atoms in total. The summed E-state index contributed by atoms with van der Waals surface area (Å²) in [6.45, 7) is 0. The Morgan fingerprint density at radius 1 is 1.27 bits per heavy atom. The Kier molecular flexibility index (Phi) is 6.53. The van der Waals surface area contributed by atoms with Gasteiger partial charge in [0.25, 0.3) is 16.0 Å². The number of carbonyl (C=O) groups is 1. The van der Waals surface area contributed by atoms with Gasteiger partial charge in [-0.15, -0.1) is 0 Å². The van der Waals surface area contributed by atoms with Gasteiger partial charge in [-0.25, -0.2) is 0 Å². The average molecular weight is 393 g/mol.